The van der Waals surface area contributed by atoms with Gasteiger partial charge in [-0.25, -0.2) is 4.79 Å². The van der Waals surface area contributed by atoms with Crippen LogP contribution in [0.15, 0.2) is 46.0 Å². The zero-order chi connectivity index (χ0) is 24.2. The lowest BCUT2D eigenvalue weighted by Gasteiger charge is -2.18. The van der Waals surface area contributed by atoms with Gasteiger partial charge in [0, 0.05) is 18.4 Å². The Hall–Kier alpha value is -3.79. The molecule has 0 bridgehead atoms. The number of hydrogen-bond donors (Lipinski definition) is 1. The summed E-state index contributed by atoms with van der Waals surface area (Å²) < 4.78 is 23.9. The number of rotatable bonds is 8. The smallest absolute Gasteiger partial charge is 0.332 e. The Labute approximate surface area is 195 Å². The quantitative estimate of drug-likeness (QED) is 0.537. The maximum Gasteiger partial charge on any atom is 0.332 e. The van der Waals surface area contributed by atoms with Gasteiger partial charge in [-0.3, -0.25) is 18.7 Å². The Kier molecular flexibility index (Phi) is 6.87. The van der Waals surface area contributed by atoms with Crippen LogP contribution in [0.5, 0.6) is 17.2 Å². The number of nitrogens with one attached hydrogen (secondary N) is 1. The van der Waals surface area contributed by atoms with Crippen LogP contribution >= 0.6 is 0 Å². The molecule has 0 saturated carbocycles. The summed E-state index contributed by atoms with van der Waals surface area (Å²) in [5.74, 6) is 0.923. The van der Waals surface area contributed by atoms with Gasteiger partial charge in [0.2, 0.25) is 5.91 Å². The van der Waals surface area contributed by atoms with Gasteiger partial charge in [0.15, 0.2) is 11.5 Å². The zero-order valence-electron chi connectivity index (χ0n) is 19.3. The van der Waals surface area contributed by atoms with E-state index >= 15 is 0 Å². The highest BCUT2D eigenvalue weighted by Gasteiger charge is 2.23. The van der Waals surface area contributed by atoms with E-state index in [1.54, 1.807) is 31.4 Å². The Bertz CT molecular complexity index is 1310. The molecule has 0 radical (unpaired) electrons. The monoisotopic (exact) mass is 469 g/mol. The van der Waals surface area contributed by atoms with Crippen molar-refractivity contribution in [3.63, 3.8) is 0 Å². The molecule has 1 aliphatic heterocycles. The summed E-state index contributed by atoms with van der Waals surface area (Å²) in [4.78, 5) is 39.6. The predicted octanol–water partition coefficient (Wildman–Crippen LogP) is 2.01. The SMILES string of the molecule is COc1ccc(NC(=O)Cn2c(=O)n(C[C@@H]3CCCO3)c(=O)c3cc(OC)c(OC)cc32)cc1. The standard InChI is InChI=1S/C24H27N3O7/c1-31-16-8-6-15(7-9-16)25-22(28)14-26-19-12-21(33-3)20(32-2)11-18(19)23(29)27(24(26)30)13-17-5-4-10-34-17/h6-9,11-12,17H,4-5,10,13-14H2,1-3H3,(H,25,28)/t17-/m0/s1. The van der Waals surface area contributed by atoms with Crippen molar-refractivity contribution in [3.05, 3.63) is 57.2 Å². The number of benzene rings is 2. The Morgan fingerprint density at radius 1 is 1.03 bits per heavy atom. The van der Waals surface area contributed by atoms with E-state index in [1.807, 2.05) is 0 Å². The zero-order valence-corrected chi connectivity index (χ0v) is 19.3. The van der Waals surface area contributed by atoms with Crippen molar-refractivity contribution in [2.45, 2.75) is 32.0 Å². The molecular formula is C24H27N3O7. The molecule has 1 fully saturated rings. The van der Waals surface area contributed by atoms with E-state index in [-0.39, 0.29) is 30.1 Å². The molecule has 2 heterocycles. The summed E-state index contributed by atoms with van der Waals surface area (Å²) in [7, 11) is 4.48. The Morgan fingerprint density at radius 3 is 2.35 bits per heavy atom. The summed E-state index contributed by atoms with van der Waals surface area (Å²) in [5, 5.41) is 3.01. The van der Waals surface area contributed by atoms with Crippen molar-refractivity contribution in [2.75, 3.05) is 33.3 Å². The third-order valence-electron chi connectivity index (χ3n) is 5.82. The van der Waals surface area contributed by atoms with Crippen LogP contribution in [0.25, 0.3) is 10.9 Å². The van der Waals surface area contributed by atoms with Gasteiger partial charge in [0.25, 0.3) is 5.56 Å². The maximum atomic E-state index is 13.4. The van der Waals surface area contributed by atoms with Gasteiger partial charge in [0.05, 0.1) is 44.9 Å². The lowest BCUT2D eigenvalue weighted by Crippen LogP contribution is -2.43. The van der Waals surface area contributed by atoms with Crippen molar-refractivity contribution in [1.82, 2.24) is 9.13 Å². The van der Waals surface area contributed by atoms with Crippen molar-refractivity contribution < 1.29 is 23.7 Å². The topological polar surface area (TPSA) is 110 Å². The average Bonchev–Trinajstić information content (AvgIpc) is 3.37. The second kappa shape index (κ2) is 10.0. The molecule has 180 valence electrons. The first kappa shape index (κ1) is 23.4. The minimum absolute atomic E-state index is 0.113. The van der Waals surface area contributed by atoms with Crippen LogP contribution in [-0.2, 0) is 22.6 Å². The number of methoxy groups -OCH3 is 3. The van der Waals surface area contributed by atoms with E-state index in [4.69, 9.17) is 18.9 Å². The van der Waals surface area contributed by atoms with Crippen molar-refractivity contribution >= 4 is 22.5 Å². The molecule has 10 nitrogen and oxygen atoms in total. The molecule has 10 heteroatoms. The molecule has 4 rings (SSSR count). The molecule has 0 unspecified atom stereocenters. The molecule has 1 saturated heterocycles. The van der Waals surface area contributed by atoms with E-state index in [0.29, 0.717) is 29.5 Å². The van der Waals surface area contributed by atoms with Crippen LogP contribution in [0.4, 0.5) is 5.69 Å². The van der Waals surface area contributed by atoms with E-state index in [2.05, 4.69) is 5.32 Å². The molecule has 1 N–H and O–H groups in total. The molecule has 0 spiro atoms. The molecular weight excluding hydrogens is 442 g/mol. The Balaban J connectivity index is 1.77. The summed E-state index contributed by atoms with van der Waals surface area (Å²) in [6.45, 7) is 0.404. The minimum Gasteiger partial charge on any atom is -0.497 e. The normalized spacial score (nSPS) is 15.3. The van der Waals surface area contributed by atoms with Gasteiger partial charge < -0.3 is 24.3 Å². The average molecular weight is 469 g/mol. The van der Waals surface area contributed by atoms with Crippen LogP contribution in [-0.4, -0.2) is 49.1 Å². The molecule has 1 atom stereocenters. The highest BCUT2D eigenvalue weighted by atomic mass is 16.5. The molecule has 0 aliphatic carbocycles. The van der Waals surface area contributed by atoms with Gasteiger partial charge in [-0.05, 0) is 43.2 Å². The number of fused-ring (bicyclic) bond motifs is 1. The Morgan fingerprint density at radius 2 is 1.74 bits per heavy atom. The summed E-state index contributed by atoms with van der Waals surface area (Å²) in [6, 6.07) is 9.90. The lowest BCUT2D eigenvalue weighted by atomic mass is 10.2. The number of ether oxygens (including phenoxy) is 4. The number of carbonyl (C=O) groups is 1. The first-order chi connectivity index (χ1) is 16.4. The first-order valence-electron chi connectivity index (χ1n) is 10.9. The van der Waals surface area contributed by atoms with Gasteiger partial charge in [-0.15, -0.1) is 0 Å². The van der Waals surface area contributed by atoms with Crippen LogP contribution in [0.2, 0.25) is 0 Å². The van der Waals surface area contributed by atoms with E-state index in [9.17, 15) is 14.4 Å². The van der Waals surface area contributed by atoms with Crippen LogP contribution in [0.1, 0.15) is 12.8 Å². The second-order valence-corrected chi connectivity index (χ2v) is 7.92. The number of nitrogens with zero attached hydrogens (tertiary/aromatic N) is 2. The summed E-state index contributed by atoms with van der Waals surface area (Å²) in [5.41, 5.74) is -0.232. The fourth-order valence-corrected chi connectivity index (χ4v) is 4.07. The third-order valence-corrected chi connectivity index (χ3v) is 5.82. The minimum atomic E-state index is -0.592. The summed E-state index contributed by atoms with van der Waals surface area (Å²) in [6.07, 6.45) is 1.40. The molecule has 1 amide bonds. The van der Waals surface area contributed by atoms with Crippen LogP contribution < -0.4 is 30.8 Å². The first-order valence-corrected chi connectivity index (χ1v) is 10.9. The fraction of sp³-hybridized carbons (Fsp3) is 0.375. The van der Waals surface area contributed by atoms with E-state index in [0.717, 1.165) is 17.4 Å². The van der Waals surface area contributed by atoms with Gasteiger partial charge in [-0.2, -0.15) is 0 Å². The largest absolute Gasteiger partial charge is 0.497 e. The van der Waals surface area contributed by atoms with Gasteiger partial charge in [-0.1, -0.05) is 0 Å². The predicted molar refractivity (Wildman–Crippen MR) is 126 cm³/mol. The van der Waals surface area contributed by atoms with Crippen molar-refractivity contribution in [3.8, 4) is 17.2 Å². The number of carbonyl (C=O) groups excluding carboxylic acids is 1. The van der Waals surface area contributed by atoms with E-state index < -0.39 is 17.2 Å². The maximum absolute atomic E-state index is 13.4. The van der Waals surface area contributed by atoms with Crippen molar-refractivity contribution in [2.24, 2.45) is 0 Å². The molecule has 2 aromatic carbocycles. The molecule has 1 aromatic heterocycles. The van der Waals surface area contributed by atoms with Crippen LogP contribution in [0, 0.1) is 0 Å². The van der Waals surface area contributed by atoms with Crippen LogP contribution in [0.3, 0.4) is 0 Å². The number of anilines is 1. The lowest BCUT2D eigenvalue weighted by molar-refractivity contribution is -0.116. The van der Waals surface area contributed by atoms with Gasteiger partial charge >= 0.3 is 5.69 Å². The third kappa shape index (κ3) is 4.62. The second-order valence-electron chi connectivity index (χ2n) is 7.92. The highest BCUT2D eigenvalue weighted by molar-refractivity contribution is 5.92. The number of aromatic nitrogens is 2. The highest BCUT2D eigenvalue weighted by Crippen LogP contribution is 2.30. The van der Waals surface area contributed by atoms with E-state index in [1.165, 1.54) is 30.9 Å². The van der Waals surface area contributed by atoms with Gasteiger partial charge in [0.1, 0.15) is 12.3 Å². The molecule has 3 aromatic rings. The van der Waals surface area contributed by atoms with Crippen molar-refractivity contribution in [1.29, 1.82) is 0 Å². The fourth-order valence-electron chi connectivity index (χ4n) is 4.07. The number of hydrogen-bond acceptors (Lipinski definition) is 7. The summed E-state index contributed by atoms with van der Waals surface area (Å²) >= 11 is 0. The molecule has 1 aliphatic rings. The molecule has 34 heavy (non-hydrogen) atoms. The number of amides is 1.